The monoisotopic (exact) mass is 463 g/mol. The first-order valence-corrected chi connectivity index (χ1v) is 12.4. The van der Waals surface area contributed by atoms with Crippen molar-refractivity contribution in [2.75, 3.05) is 13.1 Å². The van der Waals surface area contributed by atoms with Gasteiger partial charge in [-0.05, 0) is 50.5 Å². The topological polar surface area (TPSA) is 76.2 Å². The van der Waals surface area contributed by atoms with Crippen molar-refractivity contribution in [1.82, 2.24) is 25.0 Å². The number of hydrogen-bond acceptors (Lipinski definition) is 5. The van der Waals surface area contributed by atoms with E-state index in [2.05, 4.69) is 64.0 Å². The van der Waals surface area contributed by atoms with Gasteiger partial charge < -0.3 is 14.3 Å². The van der Waals surface area contributed by atoms with Crippen LogP contribution in [0.5, 0.6) is 0 Å². The molecule has 2 aromatic heterocycles. The summed E-state index contributed by atoms with van der Waals surface area (Å²) in [4.78, 5) is 15.6. The van der Waals surface area contributed by atoms with Crippen molar-refractivity contribution in [1.29, 1.82) is 0 Å². The molecule has 0 radical (unpaired) electrons. The Labute approximate surface area is 202 Å². The second-order valence-electron chi connectivity index (χ2n) is 9.91. The summed E-state index contributed by atoms with van der Waals surface area (Å²) in [6.45, 7) is 13.9. The van der Waals surface area contributed by atoms with Gasteiger partial charge in [-0.2, -0.15) is 0 Å². The minimum Gasteiger partial charge on any atom is -0.465 e. The summed E-state index contributed by atoms with van der Waals surface area (Å²) < 4.78 is 8.14. The van der Waals surface area contributed by atoms with Gasteiger partial charge in [0.25, 0.3) is 5.91 Å². The summed E-state index contributed by atoms with van der Waals surface area (Å²) in [5, 5.41) is 12.3. The number of nitrogens with zero attached hydrogens (tertiary/aromatic N) is 4. The zero-order valence-electron chi connectivity index (χ0n) is 21.1. The summed E-state index contributed by atoms with van der Waals surface area (Å²) in [7, 11) is 0. The SMILES string of the molecule is CCc1ccc(CN2CCc3nnc(C(CC(C)C)NC(=O)c4cc(C)cc(C)c4)n3CC2)o1. The highest BCUT2D eigenvalue weighted by Crippen LogP contribution is 2.24. The third kappa shape index (κ3) is 5.76. The first kappa shape index (κ1) is 24.2. The summed E-state index contributed by atoms with van der Waals surface area (Å²) in [5.41, 5.74) is 2.87. The standard InChI is InChI=1S/C27H37N5O2/c1-6-22-7-8-23(34-22)17-31-10-9-25-29-30-26(32(25)12-11-31)24(13-18(2)3)28-27(33)21-15-19(4)14-20(5)16-21/h7-8,14-16,18,24H,6,9-13,17H2,1-5H3,(H,28,33). The molecule has 1 N–H and O–H groups in total. The van der Waals surface area contributed by atoms with E-state index in [-0.39, 0.29) is 11.9 Å². The summed E-state index contributed by atoms with van der Waals surface area (Å²) in [6, 6.07) is 9.92. The average Bonchev–Trinajstić information content (AvgIpc) is 3.35. The van der Waals surface area contributed by atoms with E-state index in [1.54, 1.807) is 0 Å². The number of aromatic nitrogens is 3. The predicted octanol–water partition coefficient (Wildman–Crippen LogP) is 4.63. The van der Waals surface area contributed by atoms with Gasteiger partial charge in [0.15, 0.2) is 5.82 Å². The summed E-state index contributed by atoms with van der Waals surface area (Å²) in [6.07, 6.45) is 2.55. The van der Waals surface area contributed by atoms with Gasteiger partial charge in [0.2, 0.25) is 0 Å². The van der Waals surface area contributed by atoms with Gasteiger partial charge >= 0.3 is 0 Å². The van der Waals surface area contributed by atoms with Crippen LogP contribution < -0.4 is 5.32 Å². The van der Waals surface area contributed by atoms with Crippen LogP contribution in [0.25, 0.3) is 0 Å². The first-order chi connectivity index (χ1) is 16.3. The molecular formula is C27H37N5O2. The quantitative estimate of drug-likeness (QED) is 0.527. The van der Waals surface area contributed by atoms with Crippen LogP contribution in [-0.4, -0.2) is 38.7 Å². The van der Waals surface area contributed by atoms with E-state index in [0.29, 0.717) is 11.5 Å². The van der Waals surface area contributed by atoms with Gasteiger partial charge in [0, 0.05) is 38.0 Å². The fourth-order valence-corrected chi connectivity index (χ4v) is 4.77. The first-order valence-electron chi connectivity index (χ1n) is 12.4. The lowest BCUT2D eigenvalue weighted by Crippen LogP contribution is -2.32. The Morgan fingerprint density at radius 3 is 2.47 bits per heavy atom. The molecule has 7 nitrogen and oxygen atoms in total. The minimum atomic E-state index is -0.182. The molecule has 1 unspecified atom stereocenters. The molecule has 7 heteroatoms. The maximum absolute atomic E-state index is 13.2. The molecule has 0 aliphatic carbocycles. The average molecular weight is 464 g/mol. The molecule has 34 heavy (non-hydrogen) atoms. The van der Waals surface area contributed by atoms with Gasteiger partial charge in [0.1, 0.15) is 17.3 Å². The van der Waals surface area contributed by atoms with Crippen LogP contribution >= 0.6 is 0 Å². The Kier molecular flexibility index (Phi) is 7.51. The number of nitrogens with one attached hydrogen (secondary N) is 1. The number of rotatable bonds is 8. The minimum absolute atomic E-state index is 0.0606. The molecule has 3 aromatic rings. The highest BCUT2D eigenvalue weighted by atomic mass is 16.3. The van der Waals surface area contributed by atoms with Crippen molar-refractivity contribution < 1.29 is 9.21 Å². The molecule has 0 spiro atoms. The van der Waals surface area contributed by atoms with Crippen molar-refractivity contribution in [2.24, 2.45) is 5.92 Å². The summed E-state index contributed by atoms with van der Waals surface area (Å²) >= 11 is 0. The second kappa shape index (κ2) is 10.6. The molecule has 0 bridgehead atoms. The van der Waals surface area contributed by atoms with Crippen molar-refractivity contribution in [3.63, 3.8) is 0 Å². The van der Waals surface area contributed by atoms with Gasteiger partial charge in [-0.15, -0.1) is 10.2 Å². The molecule has 3 heterocycles. The molecule has 1 aliphatic heterocycles. The highest BCUT2D eigenvalue weighted by Gasteiger charge is 2.26. The Balaban J connectivity index is 1.50. The van der Waals surface area contributed by atoms with Crippen LogP contribution in [0, 0.1) is 19.8 Å². The number of amides is 1. The molecule has 0 saturated carbocycles. The van der Waals surface area contributed by atoms with E-state index in [4.69, 9.17) is 4.42 Å². The van der Waals surface area contributed by atoms with Crippen LogP contribution in [0.1, 0.15) is 77.9 Å². The predicted molar refractivity (Wildman–Crippen MR) is 133 cm³/mol. The fourth-order valence-electron chi connectivity index (χ4n) is 4.77. The third-order valence-corrected chi connectivity index (χ3v) is 6.40. The van der Waals surface area contributed by atoms with E-state index in [1.165, 1.54) is 0 Å². The normalized spacial score (nSPS) is 15.2. The largest absolute Gasteiger partial charge is 0.465 e. The van der Waals surface area contributed by atoms with Crippen molar-refractivity contribution in [2.45, 2.75) is 73.0 Å². The van der Waals surface area contributed by atoms with Crippen molar-refractivity contribution in [3.8, 4) is 0 Å². The van der Waals surface area contributed by atoms with E-state index < -0.39 is 0 Å². The van der Waals surface area contributed by atoms with E-state index in [0.717, 1.165) is 79.7 Å². The molecule has 1 amide bonds. The molecule has 1 atom stereocenters. The van der Waals surface area contributed by atoms with Crippen molar-refractivity contribution in [3.05, 3.63) is 70.2 Å². The number of fused-ring (bicyclic) bond motifs is 1. The number of carbonyl (C=O) groups is 1. The van der Waals surface area contributed by atoms with Gasteiger partial charge in [-0.1, -0.05) is 38.0 Å². The van der Waals surface area contributed by atoms with Crippen LogP contribution in [0.2, 0.25) is 0 Å². The smallest absolute Gasteiger partial charge is 0.251 e. The summed E-state index contributed by atoms with van der Waals surface area (Å²) in [5.74, 6) is 4.23. The fraction of sp³-hybridized carbons (Fsp3) is 0.519. The number of benzene rings is 1. The van der Waals surface area contributed by atoms with Crippen LogP contribution in [-0.2, 0) is 25.9 Å². The lowest BCUT2D eigenvalue weighted by Gasteiger charge is -2.22. The van der Waals surface area contributed by atoms with Crippen LogP contribution in [0.4, 0.5) is 0 Å². The lowest BCUT2D eigenvalue weighted by atomic mass is 10.0. The Bertz CT molecular complexity index is 1110. The zero-order valence-corrected chi connectivity index (χ0v) is 21.1. The van der Waals surface area contributed by atoms with E-state index in [1.807, 2.05) is 26.0 Å². The van der Waals surface area contributed by atoms with Gasteiger partial charge in [-0.3, -0.25) is 9.69 Å². The lowest BCUT2D eigenvalue weighted by molar-refractivity contribution is 0.0928. The number of furan rings is 1. The zero-order chi connectivity index (χ0) is 24.2. The number of aryl methyl sites for hydroxylation is 3. The number of carbonyl (C=O) groups excluding carboxylic acids is 1. The highest BCUT2D eigenvalue weighted by molar-refractivity contribution is 5.94. The number of hydrogen-bond donors (Lipinski definition) is 1. The molecule has 1 aromatic carbocycles. The van der Waals surface area contributed by atoms with Gasteiger partial charge in [0.05, 0.1) is 12.6 Å². The van der Waals surface area contributed by atoms with Crippen LogP contribution in [0.15, 0.2) is 34.7 Å². The third-order valence-electron chi connectivity index (χ3n) is 6.40. The Morgan fingerprint density at radius 2 is 1.79 bits per heavy atom. The molecule has 0 saturated heterocycles. The van der Waals surface area contributed by atoms with Crippen LogP contribution in [0.3, 0.4) is 0 Å². The maximum Gasteiger partial charge on any atom is 0.251 e. The molecule has 0 fully saturated rings. The Morgan fingerprint density at radius 1 is 1.06 bits per heavy atom. The molecule has 182 valence electrons. The van der Waals surface area contributed by atoms with Gasteiger partial charge in [-0.25, -0.2) is 0 Å². The maximum atomic E-state index is 13.2. The molecular weight excluding hydrogens is 426 g/mol. The van der Waals surface area contributed by atoms with E-state index >= 15 is 0 Å². The molecule has 1 aliphatic rings. The second-order valence-corrected chi connectivity index (χ2v) is 9.91. The Hall–Kier alpha value is -2.93. The van der Waals surface area contributed by atoms with Crippen molar-refractivity contribution >= 4 is 5.91 Å². The van der Waals surface area contributed by atoms with E-state index in [9.17, 15) is 4.79 Å². The molecule has 4 rings (SSSR count).